The largest absolute Gasteiger partial charge is 0.329 e. The first-order valence-corrected chi connectivity index (χ1v) is 7.68. The first kappa shape index (κ1) is 15.1. The molecule has 3 atom stereocenters. The summed E-state index contributed by atoms with van der Waals surface area (Å²) in [6.45, 7) is 6.26. The van der Waals surface area contributed by atoms with Gasteiger partial charge in [0, 0.05) is 35.2 Å². The zero-order valence-corrected chi connectivity index (χ0v) is 13.1. The number of nitrogens with two attached hydrogens (primary N) is 1. The van der Waals surface area contributed by atoms with E-state index in [1.165, 1.54) is 12.8 Å². The van der Waals surface area contributed by atoms with Gasteiger partial charge in [-0.25, -0.2) is 0 Å². The van der Waals surface area contributed by atoms with Gasteiger partial charge < -0.3 is 5.73 Å². The van der Waals surface area contributed by atoms with Crippen molar-refractivity contribution in [3.63, 3.8) is 0 Å². The summed E-state index contributed by atoms with van der Waals surface area (Å²) in [5, 5.41) is 1.36. The molecule has 3 unspecified atom stereocenters. The predicted molar refractivity (Wildman–Crippen MR) is 82.8 cm³/mol. The zero-order chi connectivity index (χ0) is 14.0. The Balaban J connectivity index is 2.27. The van der Waals surface area contributed by atoms with Crippen molar-refractivity contribution >= 4 is 23.2 Å². The summed E-state index contributed by atoms with van der Waals surface area (Å²) in [7, 11) is 0. The molecule has 0 radical (unpaired) electrons. The topological polar surface area (TPSA) is 29.3 Å². The molecule has 19 heavy (non-hydrogen) atoms. The number of piperidine rings is 1. The van der Waals surface area contributed by atoms with Crippen LogP contribution < -0.4 is 5.73 Å². The Labute approximate surface area is 125 Å². The number of hydrogen-bond donors (Lipinski definition) is 1. The monoisotopic (exact) mass is 300 g/mol. The molecule has 2 rings (SSSR count). The van der Waals surface area contributed by atoms with Crippen molar-refractivity contribution < 1.29 is 0 Å². The minimum atomic E-state index is 0.203. The Bertz CT molecular complexity index is 416. The maximum absolute atomic E-state index is 6.11. The third kappa shape index (κ3) is 3.63. The number of rotatable bonds is 3. The molecule has 1 heterocycles. The van der Waals surface area contributed by atoms with Crippen LogP contribution in [-0.4, -0.2) is 24.0 Å². The van der Waals surface area contributed by atoms with Crippen molar-refractivity contribution in [1.82, 2.24) is 4.90 Å². The summed E-state index contributed by atoms with van der Waals surface area (Å²) in [4.78, 5) is 2.50. The van der Waals surface area contributed by atoms with Gasteiger partial charge in [0.25, 0.3) is 0 Å². The van der Waals surface area contributed by atoms with Gasteiger partial charge in [-0.1, -0.05) is 30.1 Å². The molecule has 0 bridgehead atoms. The predicted octanol–water partition coefficient (Wildman–Crippen LogP) is 4.11. The van der Waals surface area contributed by atoms with Crippen LogP contribution in [-0.2, 0) is 0 Å². The van der Waals surface area contributed by atoms with Crippen LogP contribution in [0.3, 0.4) is 0 Å². The van der Waals surface area contributed by atoms with Crippen LogP contribution in [0, 0.1) is 5.92 Å². The van der Waals surface area contributed by atoms with E-state index in [1.807, 2.05) is 12.1 Å². The van der Waals surface area contributed by atoms with E-state index in [0.29, 0.717) is 22.6 Å². The SMILES string of the molecule is CC1CCC(C)N(C(CN)c2cc(Cl)cc(Cl)c2)C1. The molecule has 1 aliphatic rings. The summed E-state index contributed by atoms with van der Waals surface area (Å²) < 4.78 is 0. The average Bonchev–Trinajstić information content (AvgIpc) is 2.33. The van der Waals surface area contributed by atoms with Gasteiger partial charge in [-0.2, -0.15) is 0 Å². The molecule has 1 aromatic rings. The van der Waals surface area contributed by atoms with Gasteiger partial charge in [-0.15, -0.1) is 0 Å². The molecular weight excluding hydrogens is 279 g/mol. The Morgan fingerprint density at radius 3 is 2.42 bits per heavy atom. The van der Waals surface area contributed by atoms with Crippen LogP contribution in [0.15, 0.2) is 18.2 Å². The second kappa shape index (κ2) is 6.45. The van der Waals surface area contributed by atoms with E-state index in [-0.39, 0.29) is 6.04 Å². The van der Waals surface area contributed by atoms with Crippen molar-refractivity contribution in [2.24, 2.45) is 11.7 Å². The third-order valence-corrected chi connectivity index (χ3v) is 4.50. The quantitative estimate of drug-likeness (QED) is 0.910. The maximum atomic E-state index is 6.11. The lowest BCUT2D eigenvalue weighted by atomic mass is 9.91. The van der Waals surface area contributed by atoms with Crippen LogP contribution in [0.25, 0.3) is 0 Å². The van der Waals surface area contributed by atoms with Crippen molar-refractivity contribution in [2.45, 2.75) is 38.8 Å². The van der Waals surface area contributed by atoms with E-state index in [0.717, 1.165) is 18.0 Å². The maximum Gasteiger partial charge on any atom is 0.0474 e. The zero-order valence-electron chi connectivity index (χ0n) is 11.6. The van der Waals surface area contributed by atoms with E-state index < -0.39 is 0 Å². The number of hydrogen-bond acceptors (Lipinski definition) is 2. The summed E-state index contributed by atoms with van der Waals surface area (Å²) >= 11 is 12.2. The Hall–Kier alpha value is -0.280. The average molecular weight is 301 g/mol. The number of likely N-dealkylation sites (tertiary alicyclic amines) is 1. The lowest BCUT2D eigenvalue weighted by molar-refractivity contribution is 0.0798. The summed E-state index contributed by atoms with van der Waals surface area (Å²) in [6.07, 6.45) is 2.53. The molecule has 1 fully saturated rings. The summed E-state index contributed by atoms with van der Waals surface area (Å²) in [6, 6.07) is 6.49. The highest BCUT2D eigenvalue weighted by atomic mass is 35.5. The van der Waals surface area contributed by atoms with Crippen LogP contribution in [0.5, 0.6) is 0 Å². The second-order valence-electron chi connectivity index (χ2n) is 5.68. The third-order valence-electron chi connectivity index (χ3n) is 4.06. The Morgan fingerprint density at radius 1 is 1.21 bits per heavy atom. The van der Waals surface area contributed by atoms with Crippen molar-refractivity contribution in [2.75, 3.05) is 13.1 Å². The molecule has 2 N–H and O–H groups in total. The van der Waals surface area contributed by atoms with Gasteiger partial charge in [0.15, 0.2) is 0 Å². The molecule has 1 aromatic carbocycles. The van der Waals surface area contributed by atoms with Crippen LogP contribution in [0.4, 0.5) is 0 Å². The van der Waals surface area contributed by atoms with Gasteiger partial charge in [-0.3, -0.25) is 4.90 Å². The number of nitrogens with zero attached hydrogens (tertiary/aromatic N) is 1. The number of halogens is 2. The highest BCUT2D eigenvalue weighted by molar-refractivity contribution is 6.34. The van der Waals surface area contributed by atoms with Gasteiger partial charge in [0.1, 0.15) is 0 Å². The molecule has 0 spiro atoms. The smallest absolute Gasteiger partial charge is 0.0474 e. The van der Waals surface area contributed by atoms with Gasteiger partial charge >= 0.3 is 0 Å². The van der Waals surface area contributed by atoms with E-state index in [9.17, 15) is 0 Å². The fourth-order valence-corrected chi connectivity index (χ4v) is 3.53. The van der Waals surface area contributed by atoms with Crippen molar-refractivity contribution in [3.8, 4) is 0 Å². The molecule has 0 aliphatic carbocycles. The van der Waals surface area contributed by atoms with E-state index in [2.05, 4.69) is 18.7 Å². The molecule has 106 valence electrons. The minimum Gasteiger partial charge on any atom is -0.329 e. The van der Waals surface area contributed by atoms with Gasteiger partial charge in [-0.05, 0) is 49.4 Å². The van der Waals surface area contributed by atoms with Crippen LogP contribution >= 0.6 is 23.2 Å². The minimum absolute atomic E-state index is 0.203. The van der Waals surface area contributed by atoms with Crippen LogP contribution in [0.2, 0.25) is 10.0 Å². The summed E-state index contributed by atoms with van der Waals surface area (Å²) in [5.41, 5.74) is 7.14. The first-order chi connectivity index (χ1) is 9.01. The van der Waals surface area contributed by atoms with E-state index in [1.54, 1.807) is 6.07 Å². The Kier molecular flexibility index (Phi) is 5.13. The number of benzene rings is 1. The molecule has 1 saturated heterocycles. The Morgan fingerprint density at radius 2 is 1.84 bits per heavy atom. The standard InChI is InChI=1S/C15H22Cl2N2/c1-10-3-4-11(2)19(9-10)15(8-18)12-5-13(16)7-14(17)6-12/h5-7,10-11,15H,3-4,8-9,18H2,1-2H3. The normalized spacial score (nSPS) is 26.4. The fourth-order valence-electron chi connectivity index (χ4n) is 2.99. The second-order valence-corrected chi connectivity index (χ2v) is 6.56. The van der Waals surface area contributed by atoms with Gasteiger partial charge in [0.2, 0.25) is 0 Å². The molecule has 0 aromatic heterocycles. The highest BCUT2D eigenvalue weighted by Gasteiger charge is 2.29. The molecule has 0 amide bonds. The van der Waals surface area contributed by atoms with Crippen molar-refractivity contribution in [3.05, 3.63) is 33.8 Å². The summed E-state index contributed by atoms with van der Waals surface area (Å²) in [5.74, 6) is 0.722. The van der Waals surface area contributed by atoms with E-state index >= 15 is 0 Å². The van der Waals surface area contributed by atoms with E-state index in [4.69, 9.17) is 28.9 Å². The molecular formula is C15H22Cl2N2. The molecule has 1 aliphatic heterocycles. The molecule has 4 heteroatoms. The molecule has 0 saturated carbocycles. The van der Waals surface area contributed by atoms with Crippen molar-refractivity contribution in [1.29, 1.82) is 0 Å². The first-order valence-electron chi connectivity index (χ1n) is 6.93. The fraction of sp³-hybridized carbons (Fsp3) is 0.600. The highest BCUT2D eigenvalue weighted by Crippen LogP contribution is 2.32. The van der Waals surface area contributed by atoms with Crippen LogP contribution in [0.1, 0.15) is 38.3 Å². The van der Waals surface area contributed by atoms with Gasteiger partial charge in [0.05, 0.1) is 0 Å². The lowest BCUT2D eigenvalue weighted by Crippen LogP contribution is -2.45. The lowest BCUT2D eigenvalue weighted by Gasteiger charge is -2.42. The molecule has 2 nitrogen and oxygen atoms in total.